The lowest BCUT2D eigenvalue weighted by atomic mass is 9.99. The van der Waals surface area contributed by atoms with E-state index in [9.17, 15) is 30.3 Å². The van der Waals surface area contributed by atoms with Gasteiger partial charge in [-0.05, 0) is 77.0 Å². The molecular formula is C61H105NO8. The number of nitrogens with one attached hydrogen (secondary N) is 1. The summed E-state index contributed by atoms with van der Waals surface area (Å²) in [6.45, 7) is 3.69. The van der Waals surface area contributed by atoms with Crippen molar-refractivity contribution >= 4 is 5.91 Å². The Kier molecular flexibility index (Phi) is 46.2. The largest absolute Gasteiger partial charge is 0.394 e. The fourth-order valence-electron chi connectivity index (χ4n) is 8.47. The summed E-state index contributed by atoms with van der Waals surface area (Å²) in [5.74, 6) is -0.152. The molecule has 9 heteroatoms. The van der Waals surface area contributed by atoms with E-state index < -0.39 is 49.5 Å². The molecule has 402 valence electrons. The smallest absolute Gasteiger partial charge is 0.220 e. The summed E-state index contributed by atoms with van der Waals surface area (Å²) in [4.78, 5) is 13.0. The van der Waals surface area contributed by atoms with Crippen molar-refractivity contribution in [3.05, 3.63) is 97.2 Å². The fourth-order valence-corrected chi connectivity index (χ4v) is 8.47. The van der Waals surface area contributed by atoms with Gasteiger partial charge in [-0.25, -0.2) is 0 Å². The average molecular weight is 981 g/mol. The zero-order chi connectivity index (χ0) is 50.8. The summed E-state index contributed by atoms with van der Waals surface area (Å²) in [6, 6.07) is -0.723. The van der Waals surface area contributed by atoms with E-state index in [4.69, 9.17) is 9.47 Å². The topological polar surface area (TPSA) is 149 Å². The van der Waals surface area contributed by atoms with Gasteiger partial charge in [0.2, 0.25) is 5.91 Å². The monoisotopic (exact) mass is 980 g/mol. The van der Waals surface area contributed by atoms with Gasteiger partial charge in [-0.3, -0.25) is 4.79 Å². The molecule has 1 heterocycles. The lowest BCUT2D eigenvalue weighted by Gasteiger charge is -2.40. The van der Waals surface area contributed by atoms with Crippen LogP contribution in [0.25, 0.3) is 0 Å². The van der Waals surface area contributed by atoms with Crippen LogP contribution in [-0.2, 0) is 14.3 Å². The third-order valence-corrected chi connectivity index (χ3v) is 13.0. The number of amides is 1. The van der Waals surface area contributed by atoms with Crippen LogP contribution in [0.4, 0.5) is 0 Å². The standard InChI is InChI=1S/C61H105NO8/c1-3-5-7-9-11-13-15-16-17-18-19-20-21-22-23-24-25-26-27-28-29-30-31-32-33-34-35-36-37-38-39-40-41-43-45-47-49-51-57(65)62-54(53-69-61-60(68)59(67)58(66)56(52-63)70-61)55(64)50-48-46-44-42-14-12-10-8-6-4-2/h5,7,11,13,16-17,19-20,22-23,25-26,28-29,31-32,54-56,58-61,63-64,66-68H,3-4,6,8-10,12,14-15,18,21,24,27,30,33-53H2,1-2H3,(H,62,65)/b7-5-,13-11-,17-16-,20-19-,23-22-,26-25-,29-28-,32-31-. The molecule has 1 fully saturated rings. The second-order valence-corrected chi connectivity index (χ2v) is 19.4. The molecular weight excluding hydrogens is 875 g/mol. The molecule has 1 aliphatic heterocycles. The fraction of sp³-hybridized carbons (Fsp3) is 0.721. The van der Waals surface area contributed by atoms with Gasteiger partial charge in [0.1, 0.15) is 24.4 Å². The number of aliphatic hydroxyl groups is 5. The van der Waals surface area contributed by atoms with Crippen molar-refractivity contribution in [1.29, 1.82) is 0 Å². The molecule has 0 aromatic heterocycles. The first-order valence-electron chi connectivity index (χ1n) is 28.4. The van der Waals surface area contributed by atoms with Crippen molar-refractivity contribution in [2.75, 3.05) is 13.2 Å². The Morgan fingerprint density at radius 2 is 0.886 bits per heavy atom. The van der Waals surface area contributed by atoms with Crippen LogP contribution in [0.15, 0.2) is 97.2 Å². The number of unbranched alkanes of at least 4 members (excludes halogenated alkanes) is 21. The van der Waals surface area contributed by atoms with E-state index in [0.717, 1.165) is 89.9 Å². The predicted molar refractivity (Wildman–Crippen MR) is 294 cm³/mol. The highest BCUT2D eigenvalue weighted by molar-refractivity contribution is 5.76. The zero-order valence-electron chi connectivity index (χ0n) is 44.5. The third-order valence-electron chi connectivity index (χ3n) is 13.0. The molecule has 0 saturated carbocycles. The van der Waals surface area contributed by atoms with Crippen LogP contribution < -0.4 is 5.32 Å². The van der Waals surface area contributed by atoms with E-state index in [2.05, 4.69) is 116 Å². The number of hydrogen-bond donors (Lipinski definition) is 6. The van der Waals surface area contributed by atoms with Gasteiger partial charge in [0.15, 0.2) is 6.29 Å². The van der Waals surface area contributed by atoms with Gasteiger partial charge in [0.25, 0.3) is 0 Å². The number of aliphatic hydroxyl groups excluding tert-OH is 5. The maximum Gasteiger partial charge on any atom is 0.220 e. The molecule has 1 aliphatic rings. The third kappa shape index (κ3) is 38.7. The molecule has 0 radical (unpaired) electrons. The van der Waals surface area contributed by atoms with Gasteiger partial charge >= 0.3 is 0 Å². The maximum atomic E-state index is 13.0. The predicted octanol–water partition coefficient (Wildman–Crippen LogP) is 14.0. The van der Waals surface area contributed by atoms with Crippen LogP contribution in [0.2, 0.25) is 0 Å². The summed E-state index contributed by atoms with van der Waals surface area (Å²) in [7, 11) is 0. The molecule has 0 bridgehead atoms. The Labute approximate surface area is 428 Å². The van der Waals surface area contributed by atoms with Gasteiger partial charge in [-0.2, -0.15) is 0 Å². The molecule has 9 nitrogen and oxygen atoms in total. The lowest BCUT2D eigenvalue weighted by Crippen LogP contribution is -2.60. The molecule has 1 amide bonds. The molecule has 7 unspecified atom stereocenters. The number of allylic oxidation sites excluding steroid dienone is 16. The van der Waals surface area contributed by atoms with Crippen LogP contribution in [-0.4, -0.2) is 87.5 Å². The van der Waals surface area contributed by atoms with Gasteiger partial charge < -0.3 is 40.3 Å². The lowest BCUT2D eigenvalue weighted by molar-refractivity contribution is -0.302. The first kappa shape index (κ1) is 65.1. The molecule has 1 saturated heterocycles. The Morgan fingerprint density at radius 3 is 1.31 bits per heavy atom. The second kappa shape index (κ2) is 49.7. The summed E-state index contributed by atoms with van der Waals surface area (Å²) < 4.78 is 11.3. The van der Waals surface area contributed by atoms with Gasteiger partial charge in [-0.15, -0.1) is 0 Å². The van der Waals surface area contributed by atoms with Crippen LogP contribution >= 0.6 is 0 Å². The summed E-state index contributed by atoms with van der Waals surface area (Å²) in [6.07, 6.45) is 64.5. The Bertz CT molecular complexity index is 1420. The molecule has 1 rings (SSSR count). The van der Waals surface area contributed by atoms with Crippen LogP contribution in [0.3, 0.4) is 0 Å². The van der Waals surface area contributed by atoms with Crippen molar-refractivity contribution < 1.29 is 39.8 Å². The van der Waals surface area contributed by atoms with E-state index in [1.807, 2.05) is 0 Å². The molecule has 0 aliphatic carbocycles. The van der Waals surface area contributed by atoms with E-state index in [1.54, 1.807) is 0 Å². The quantitative estimate of drug-likeness (QED) is 0.0261. The van der Waals surface area contributed by atoms with E-state index in [-0.39, 0.29) is 12.5 Å². The first-order chi connectivity index (χ1) is 34.3. The minimum Gasteiger partial charge on any atom is -0.394 e. The zero-order valence-corrected chi connectivity index (χ0v) is 44.5. The van der Waals surface area contributed by atoms with E-state index in [0.29, 0.717) is 12.8 Å². The van der Waals surface area contributed by atoms with Gasteiger partial charge in [0, 0.05) is 6.42 Å². The summed E-state index contributed by atoms with van der Waals surface area (Å²) in [5.41, 5.74) is 0. The highest BCUT2D eigenvalue weighted by atomic mass is 16.7. The normalized spacial score (nSPS) is 20.1. The van der Waals surface area contributed by atoms with Crippen molar-refractivity contribution in [2.24, 2.45) is 0 Å². The van der Waals surface area contributed by atoms with Crippen molar-refractivity contribution in [3.8, 4) is 0 Å². The van der Waals surface area contributed by atoms with Crippen LogP contribution in [0.5, 0.6) is 0 Å². The molecule has 70 heavy (non-hydrogen) atoms. The van der Waals surface area contributed by atoms with Crippen LogP contribution in [0, 0.1) is 0 Å². The number of ether oxygens (including phenoxy) is 2. The molecule has 7 atom stereocenters. The maximum absolute atomic E-state index is 13.0. The highest BCUT2D eigenvalue weighted by Crippen LogP contribution is 2.23. The van der Waals surface area contributed by atoms with Gasteiger partial charge in [0.05, 0.1) is 25.4 Å². The number of carbonyl (C=O) groups is 1. The highest BCUT2D eigenvalue weighted by Gasteiger charge is 2.44. The molecule has 6 N–H and O–H groups in total. The Morgan fingerprint density at radius 1 is 0.500 bits per heavy atom. The first-order valence-corrected chi connectivity index (χ1v) is 28.4. The number of hydrogen-bond acceptors (Lipinski definition) is 8. The Balaban J connectivity index is 2.10. The minimum absolute atomic E-state index is 0.142. The number of carbonyl (C=O) groups excluding carboxylic acids is 1. The second-order valence-electron chi connectivity index (χ2n) is 19.4. The Hall–Kier alpha value is -2.89. The molecule has 0 aromatic rings. The molecule has 0 spiro atoms. The summed E-state index contributed by atoms with van der Waals surface area (Å²) >= 11 is 0. The average Bonchev–Trinajstić information content (AvgIpc) is 3.36. The van der Waals surface area contributed by atoms with E-state index in [1.165, 1.54) is 109 Å². The van der Waals surface area contributed by atoms with Gasteiger partial charge in [-0.1, -0.05) is 239 Å². The minimum atomic E-state index is -1.56. The van der Waals surface area contributed by atoms with Crippen LogP contribution in [0.1, 0.15) is 226 Å². The van der Waals surface area contributed by atoms with Crippen molar-refractivity contribution in [2.45, 2.75) is 269 Å². The molecule has 0 aromatic carbocycles. The number of rotatable bonds is 47. The van der Waals surface area contributed by atoms with E-state index >= 15 is 0 Å². The summed E-state index contributed by atoms with van der Waals surface area (Å²) in [5, 5.41) is 54.4. The van der Waals surface area contributed by atoms with Crippen molar-refractivity contribution in [1.82, 2.24) is 5.32 Å². The SMILES string of the molecule is CC/C=C\C/C=C\C/C=C\C/C=C\C/C=C\C/C=C\C/C=C\C/C=C\CCCCCCCCCCCCCCC(=O)NC(COC1OC(CO)C(O)C(O)C1O)C(O)CCCCCCCCCCCC. The van der Waals surface area contributed by atoms with Crippen molar-refractivity contribution in [3.63, 3.8) is 0 Å².